The molecule has 0 bridgehead atoms. The number of nitrogens with one attached hydrogen (secondary N) is 1. The highest BCUT2D eigenvalue weighted by Gasteiger charge is 2.29. The second kappa shape index (κ2) is 5.84. The Morgan fingerprint density at radius 2 is 2.00 bits per heavy atom. The van der Waals surface area contributed by atoms with Gasteiger partial charge in [-0.05, 0) is 67.0 Å². The van der Waals surface area contributed by atoms with E-state index in [4.69, 9.17) is 5.73 Å². The lowest BCUT2D eigenvalue weighted by Gasteiger charge is -2.14. The van der Waals surface area contributed by atoms with E-state index < -0.39 is 0 Å². The van der Waals surface area contributed by atoms with Gasteiger partial charge in [-0.1, -0.05) is 0 Å². The molecule has 0 atom stereocenters. The summed E-state index contributed by atoms with van der Waals surface area (Å²) in [6, 6.07) is 5.98. The first-order chi connectivity index (χ1) is 12.0. The van der Waals surface area contributed by atoms with E-state index in [0.29, 0.717) is 11.5 Å². The standard InChI is InChI=1S/C20H20N4O/c1-11-5-6-22-9-16(11)15-7-14-8-18(24-20(25)13-3-4-13)23-10-17(14)19(21)12(15)2/h5-10,13H,3-4,21H2,1-2H3,(H,23,24,25). The lowest BCUT2D eigenvalue weighted by molar-refractivity contribution is -0.117. The Balaban J connectivity index is 1.83. The summed E-state index contributed by atoms with van der Waals surface area (Å²) in [6.45, 7) is 4.07. The maximum absolute atomic E-state index is 12.0. The zero-order chi connectivity index (χ0) is 17.6. The number of anilines is 2. The number of nitrogens with zero attached hydrogens (tertiary/aromatic N) is 2. The zero-order valence-corrected chi connectivity index (χ0v) is 14.3. The number of pyridine rings is 2. The molecule has 5 nitrogen and oxygen atoms in total. The van der Waals surface area contributed by atoms with E-state index >= 15 is 0 Å². The molecule has 1 saturated carbocycles. The third-order valence-electron chi connectivity index (χ3n) is 4.86. The number of hydrogen-bond acceptors (Lipinski definition) is 4. The van der Waals surface area contributed by atoms with Crippen LogP contribution in [0.5, 0.6) is 0 Å². The number of carbonyl (C=O) groups is 1. The number of carbonyl (C=O) groups excluding carboxylic acids is 1. The normalized spacial score (nSPS) is 13.8. The van der Waals surface area contributed by atoms with Gasteiger partial charge in [0.1, 0.15) is 5.82 Å². The summed E-state index contributed by atoms with van der Waals surface area (Å²) in [7, 11) is 0. The molecule has 3 N–H and O–H groups in total. The van der Waals surface area contributed by atoms with Gasteiger partial charge in [0.25, 0.3) is 0 Å². The third-order valence-corrected chi connectivity index (χ3v) is 4.86. The number of rotatable bonds is 3. The van der Waals surface area contributed by atoms with Crippen molar-refractivity contribution in [1.29, 1.82) is 0 Å². The average molecular weight is 332 g/mol. The summed E-state index contributed by atoms with van der Waals surface area (Å²) in [5.41, 5.74) is 11.4. The van der Waals surface area contributed by atoms with Gasteiger partial charge in [0.05, 0.1) is 0 Å². The molecular weight excluding hydrogens is 312 g/mol. The molecule has 0 unspecified atom stereocenters. The largest absolute Gasteiger partial charge is 0.398 e. The molecule has 1 aliphatic carbocycles. The predicted molar refractivity (Wildman–Crippen MR) is 100 cm³/mol. The van der Waals surface area contributed by atoms with Crippen molar-refractivity contribution in [3.8, 4) is 11.1 Å². The highest BCUT2D eigenvalue weighted by molar-refractivity contribution is 6.01. The highest BCUT2D eigenvalue weighted by Crippen LogP contribution is 2.36. The maximum Gasteiger partial charge on any atom is 0.228 e. The van der Waals surface area contributed by atoms with Crippen molar-refractivity contribution in [1.82, 2.24) is 9.97 Å². The van der Waals surface area contributed by atoms with Crippen LogP contribution in [0.2, 0.25) is 0 Å². The Hall–Kier alpha value is -2.95. The van der Waals surface area contributed by atoms with E-state index in [0.717, 1.165) is 45.9 Å². The number of amides is 1. The average Bonchev–Trinajstić information content (AvgIpc) is 3.44. The molecule has 2 heterocycles. The fraction of sp³-hybridized carbons (Fsp3) is 0.250. The summed E-state index contributed by atoms with van der Waals surface area (Å²) in [5, 5.41) is 4.75. The second-order valence-corrected chi connectivity index (χ2v) is 6.71. The monoisotopic (exact) mass is 332 g/mol. The second-order valence-electron chi connectivity index (χ2n) is 6.71. The van der Waals surface area contributed by atoms with Gasteiger partial charge in [0.15, 0.2) is 0 Å². The van der Waals surface area contributed by atoms with Crippen LogP contribution in [0.15, 0.2) is 36.8 Å². The number of fused-ring (bicyclic) bond motifs is 1. The quantitative estimate of drug-likeness (QED) is 0.714. The molecule has 1 fully saturated rings. The summed E-state index contributed by atoms with van der Waals surface area (Å²) < 4.78 is 0. The first-order valence-corrected chi connectivity index (χ1v) is 8.45. The first kappa shape index (κ1) is 15.6. The number of nitrogen functional groups attached to an aromatic ring is 1. The molecule has 0 saturated heterocycles. The zero-order valence-electron chi connectivity index (χ0n) is 14.3. The highest BCUT2D eigenvalue weighted by atomic mass is 16.2. The molecule has 5 heteroatoms. The van der Waals surface area contributed by atoms with Crippen LogP contribution in [0, 0.1) is 19.8 Å². The summed E-state index contributed by atoms with van der Waals surface area (Å²) >= 11 is 0. The van der Waals surface area contributed by atoms with E-state index in [-0.39, 0.29) is 11.8 Å². The SMILES string of the molecule is Cc1ccncc1-c1cc2cc(NC(=O)C3CC3)ncc2c(N)c1C. The van der Waals surface area contributed by atoms with Crippen molar-refractivity contribution < 1.29 is 4.79 Å². The van der Waals surface area contributed by atoms with Crippen LogP contribution in [-0.4, -0.2) is 15.9 Å². The minimum absolute atomic E-state index is 0.0512. The van der Waals surface area contributed by atoms with Gasteiger partial charge in [-0.2, -0.15) is 0 Å². The maximum atomic E-state index is 12.0. The summed E-state index contributed by atoms with van der Waals surface area (Å²) in [5.74, 6) is 0.769. The van der Waals surface area contributed by atoms with Crippen molar-refractivity contribution in [2.75, 3.05) is 11.1 Å². The first-order valence-electron chi connectivity index (χ1n) is 8.45. The molecule has 1 aliphatic rings. The van der Waals surface area contributed by atoms with Gasteiger partial charge >= 0.3 is 0 Å². The van der Waals surface area contributed by atoms with Crippen LogP contribution in [0.3, 0.4) is 0 Å². The molecule has 4 rings (SSSR count). The molecule has 1 aromatic carbocycles. The molecule has 0 aliphatic heterocycles. The smallest absolute Gasteiger partial charge is 0.228 e. The molecule has 0 spiro atoms. The van der Waals surface area contributed by atoms with Crippen LogP contribution in [0.1, 0.15) is 24.0 Å². The van der Waals surface area contributed by atoms with Gasteiger partial charge in [-0.15, -0.1) is 0 Å². The van der Waals surface area contributed by atoms with Crippen LogP contribution < -0.4 is 11.1 Å². The number of hydrogen-bond donors (Lipinski definition) is 2. The Kier molecular flexibility index (Phi) is 3.64. The number of aryl methyl sites for hydroxylation is 1. The number of aromatic nitrogens is 2. The molecular formula is C20H20N4O. The molecule has 126 valence electrons. The fourth-order valence-electron chi connectivity index (χ4n) is 3.09. The third kappa shape index (κ3) is 2.82. The molecule has 0 radical (unpaired) electrons. The fourth-order valence-corrected chi connectivity index (χ4v) is 3.09. The minimum Gasteiger partial charge on any atom is -0.398 e. The van der Waals surface area contributed by atoms with E-state index in [2.05, 4.69) is 28.3 Å². The van der Waals surface area contributed by atoms with Crippen LogP contribution in [0.4, 0.5) is 11.5 Å². The minimum atomic E-state index is 0.0512. The molecule has 25 heavy (non-hydrogen) atoms. The van der Waals surface area contributed by atoms with Crippen molar-refractivity contribution in [3.05, 3.63) is 47.9 Å². The van der Waals surface area contributed by atoms with E-state index in [1.807, 2.05) is 25.3 Å². The lowest BCUT2D eigenvalue weighted by Crippen LogP contribution is -2.14. The Morgan fingerprint density at radius 1 is 1.20 bits per heavy atom. The molecule has 2 aromatic heterocycles. The lowest BCUT2D eigenvalue weighted by atomic mass is 9.94. The van der Waals surface area contributed by atoms with Crippen LogP contribution in [0.25, 0.3) is 21.9 Å². The van der Waals surface area contributed by atoms with Crippen LogP contribution in [-0.2, 0) is 4.79 Å². The van der Waals surface area contributed by atoms with Crippen molar-refractivity contribution in [3.63, 3.8) is 0 Å². The summed E-state index contributed by atoms with van der Waals surface area (Å²) in [6.07, 6.45) is 7.32. The van der Waals surface area contributed by atoms with Crippen molar-refractivity contribution in [2.24, 2.45) is 5.92 Å². The van der Waals surface area contributed by atoms with Gasteiger partial charge in [0, 0.05) is 41.1 Å². The van der Waals surface area contributed by atoms with Crippen molar-refractivity contribution in [2.45, 2.75) is 26.7 Å². The van der Waals surface area contributed by atoms with Gasteiger partial charge < -0.3 is 11.1 Å². The van der Waals surface area contributed by atoms with Crippen LogP contribution >= 0.6 is 0 Å². The number of nitrogens with two attached hydrogens (primary N) is 1. The Labute approximate surface area is 146 Å². The van der Waals surface area contributed by atoms with E-state index in [9.17, 15) is 4.79 Å². The summed E-state index contributed by atoms with van der Waals surface area (Å²) in [4.78, 5) is 20.6. The predicted octanol–water partition coefficient (Wildman–Crippen LogP) is 3.84. The van der Waals surface area contributed by atoms with E-state index in [1.165, 1.54) is 0 Å². The number of benzene rings is 1. The van der Waals surface area contributed by atoms with E-state index in [1.54, 1.807) is 12.4 Å². The topological polar surface area (TPSA) is 80.9 Å². The molecule has 1 amide bonds. The van der Waals surface area contributed by atoms with Gasteiger partial charge in [-0.3, -0.25) is 9.78 Å². The molecule has 3 aromatic rings. The van der Waals surface area contributed by atoms with Gasteiger partial charge in [0.2, 0.25) is 5.91 Å². The Morgan fingerprint density at radius 3 is 2.72 bits per heavy atom. The van der Waals surface area contributed by atoms with Crippen molar-refractivity contribution >= 4 is 28.2 Å². The van der Waals surface area contributed by atoms with Gasteiger partial charge in [-0.25, -0.2) is 4.98 Å². The Bertz CT molecular complexity index is 992.